The van der Waals surface area contributed by atoms with Crippen LogP contribution in [0.1, 0.15) is 58.0 Å². The number of carbonyl (C=O) groups excluding carboxylic acids is 4. The van der Waals surface area contributed by atoms with E-state index in [-0.39, 0.29) is 49.8 Å². The Hall–Kier alpha value is -8.40. The molecule has 6 aromatic rings. The molecule has 0 aromatic heterocycles. The Morgan fingerprint density at radius 3 is 2.19 bits per heavy atom. The van der Waals surface area contributed by atoms with Crippen molar-refractivity contribution < 1.29 is 53.3 Å². The molecular formula is C57H51N5O12. The van der Waals surface area contributed by atoms with E-state index in [0.29, 0.717) is 65.6 Å². The van der Waals surface area contributed by atoms with E-state index < -0.39 is 64.4 Å². The van der Waals surface area contributed by atoms with Crippen LogP contribution in [0.5, 0.6) is 5.75 Å². The van der Waals surface area contributed by atoms with Gasteiger partial charge in [0.2, 0.25) is 11.8 Å². The standard InChI is InChI=1S/C57H51N5O12/c63-29-8-7-10-37-19-26-47-46(34-37)57(55(67)60(47)56(68)73-36-38-17-22-44(23-18-38)62(69)70)48(53(65)58-42-20-24-43(25-21-42)59-27-31-71-32-28-59)50-54(66)74-51(40-13-5-2-6-14-40)49(39-11-3-1-4-12-39)61(50)52(57)41-15-9-16-45(35-41)72-33-30-64/h1-6,9,11-26,34-35,48-52,63-64H,8,27-33,36H2,(H,58,65)/t48-,49-,50-,51+,52+,57-/m0/s1. The number of carbonyl (C=O) groups is 4. The number of anilines is 3. The van der Waals surface area contributed by atoms with E-state index in [1.165, 1.54) is 24.3 Å². The summed E-state index contributed by atoms with van der Waals surface area (Å²) in [5.41, 5.74) is 1.73. The van der Waals surface area contributed by atoms with Gasteiger partial charge in [-0.1, -0.05) is 84.6 Å². The van der Waals surface area contributed by atoms with Crippen LogP contribution in [-0.4, -0.2) is 96.1 Å². The Kier molecular flexibility index (Phi) is 14.2. The molecule has 6 atom stereocenters. The van der Waals surface area contributed by atoms with Gasteiger partial charge in [-0.25, -0.2) is 9.69 Å². The van der Waals surface area contributed by atoms with Crippen LogP contribution in [0.25, 0.3) is 0 Å². The first-order valence-corrected chi connectivity index (χ1v) is 24.3. The molecule has 4 aliphatic rings. The minimum absolute atomic E-state index is 0.0610. The third kappa shape index (κ3) is 9.20. The molecule has 74 heavy (non-hydrogen) atoms. The van der Waals surface area contributed by atoms with Crippen LogP contribution >= 0.6 is 0 Å². The molecule has 17 heteroatoms. The first-order valence-electron chi connectivity index (χ1n) is 24.3. The highest BCUT2D eigenvalue weighted by atomic mass is 16.6. The lowest BCUT2D eigenvalue weighted by molar-refractivity contribution is -0.384. The number of nitrogens with zero attached hydrogens (tertiary/aromatic N) is 4. The predicted molar refractivity (Wildman–Crippen MR) is 271 cm³/mol. The van der Waals surface area contributed by atoms with Crippen LogP contribution in [0.2, 0.25) is 0 Å². The average molecular weight is 998 g/mol. The molecule has 0 aliphatic carbocycles. The summed E-state index contributed by atoms with van der Waals surface area (Å²) in [6, 6.07) is 39.3. The maximum absolute atomic E-state index is 16.6. The fourth-order valence-corrected chi connectivity index (χ4v) is 10.8. The molecule has 17 nitrogen and oxygen atoms in total. The summed E-state index contributed by atoms with van der Waals surface area (Å²) in [4.78, 5) is 79.0. The number of aliphatic hydroxyl groups excluding tert-OH is 2. The number of fused-ring (bicyclic) bond motifs is 3. The average Bonchev–Trinajstić information content (AvgIpc) is 3.96. The Labute approximate surface area is 426 Å². The fourth-order valence-electron chi connectivity index (χ4n) is 10.8. The largest absolute Gasteiger partial charge is 0.491 e. The van der Waals surface area contributed by atoms with E-state index in [0.717, 1.165) is 10.6 Å². The van der Waals surface area contributed by atoms with Gasteiger partial charge < -0.3 is 39.4 Å². The van der Waals surface area contributed by atoms with E-state index in [1.54, 1.807) is 54.6 Å². The summed E-state index contributed by atoms with van der Waals surface area (Å²) >= 11 is 0. The van der Waals surface area contributed by atoms with Crippen LogP contribution in [0.3, 0.4) is 0 Å². The molecular weight excluding hydrogens is 947 g/mol. The molecule has 3 fully saturated rings. The monoisotopic (exact) mass is 997 g/mol. The van der Waals surface area contributed by atoms with Crippen molar-refractivity contribution in [1.29, 1.82) is 0 Å². The number of nitro groups is 1. The number of rotatable bonds is 13. The third-order valence-corrected chi connectivity index (χ3v) is 13.9. The smallest absolute Gasteiger partial charge is 0.421 e. The number of imide groups is 1. The van der Waals surface area contributed by atoms with Crippen LogP contribution in [0.4, 0.5) is 27.5 Å². The highest BCUT2D eigenvalue weighted by molar-refractivity contribution is 6.24. The molecule has 4 heterocycles. The molecule has 6 aromatic carbocycles. The van der Waals surface area contributed by atoms with E-state index in [9.17, 15) is 25.1 Å². The Morgan fingerprint density at radius 2 is 1.50 bits per heavy atom. The lowest BCUT2D eigenvalue weighted by Crippen LogP contribution is -2.54. The highest BCUT2D eigenvalue weighted by Crippen LogP contribution is 2.66. The van der Waals surface area contributed by atoms with Crippen LogP contribution in [-0.2, 0) is 40.6 Å². The van der Waals surface area contributed by atoms with Gasteiger partial charge in [-0.15, -0.1) is 0 Å². The van der Waals surface area contributed by atoms with Crippen molar-refractivity contribution in [2.24, 2.45) is 5.92 Å². The number of cyclic esters (lactones) is 1. The summed E-state index contributed by atoms with van der Waals surface area (Å²) in [5, 5.41) is 34.1. The van der Waals surface area contributed by atoms with Gasteiger partial charge in [0.1, 0.15) is 36.5 Å². The van der Waals surface area contributed by atoms with Crippen molar-refractivity contribution >= 4 is 46.6 Å². The van der Waals surface area contributed by atoms with Gasteiger partial charge in [-0.2, -0.15) is 0 Å². The summed E-state index contributed by atoms with van der Waals surface area (Å²) in [5.74, 6) is 2.28. The number of non-ortho nitro benzene ring substituents is 1. The van der Waals surface area contributed by atoms with Crippen molar-refractivity contribution in [3.05, 3.63) is 195 Å². The second-order valence-electron chi connectivity index (χ2n) is 18.2. The number of nitrogens with one attached hydrogen (secondary N) is 1. The van der Waals surface area contributed by atoms with E-state index >= 15 is 14.4 Å². The number of hydrogen-bond donors (Lipinski definition) is 3. The lowest BCUT2D eigenvalue weighted by Gasteiger charge is -2.46. The number of benzene rings is 6. The zero-order valence-corrected chi connectivity index (χ0v) is 40.0. The normalized spacial score (nSPS) is 22.0. The Balaban J connectivity index is 1.21. The number of nitro benzene ring substituents is 1. The maximum Gasteiger partial charge on any atom is 0.421 e. The molecule has 10 rings (SSSR count). The molecule has 0 bridgehead atoms. The number of hydrogen-bond acceptors (Lipinski definition) is 14. The van der Waals surface area contributed by atoms with E-state index in [4.69, 9.17) is 18.9 Å². The molecule has 4 aliphatic heterocycles. The van der Waals surface area contributed by atoms with E-state index in [1.807, 2.05) is 77.7 Å². The topological polar surface area (TPSA) is 211 Å². The maximum atomic E-state index is 16.6. The molecule has 0 unspecified atom stereocenters. The number of ether oxygens (including phenoxy) is 4. The second kappa shape index (κ2) is 21.4. The predicted octanol–water partition coefficient (Wildman–Crippen LogP) is 7.18. The van der Waals surface area contributed by atoms with Gasteiger partial charge in [0, 0.05) is 48.6 Å². The van der Waals surface area contributed by atoms with Gasteiger partial charge in [0.05, 0.1) is 55.0 Å². The van der Waals surface area contributed by atoms with Gasteiger partial charge in [-0.05, 0) is 94.5 Å². The molecule has 0 radical (unpaired) electrons. The SMILES string of the molecule is O=C1O[C@H](c2ccccc2)[C@H](c2ccccc2)N2[C@H]1[C@@H](C(=O)Nc1ccc(N3CCOCC3)cc1)[C@]1(C(=O)N(C(=O)OCc3ccc([N+](=O)[O-])cc3)c3ccc(C#CCCO)cc31)[C@H]2c1cccc(OCCO)c1. The summed E-state index contributed by atoms with van der Waals surface area (Å²) in [6.45, 7) is 1.51. The number of morpholine rings is 2. The molecule has 3 N–H and O–H groups in total. The van der Waals surface area contributed by atoms with Gasteiger partial charge in [-0.3, -0.25) is 29.4 Å². The minimum Gasteiger partial charge on any atom is -0.491 e. The van der Waals surface area contributed by atoms with Gasteiger partial charge >= 0.3 is 12.1 Å². The van der Waals surface area contributed by atoms with Crippen molar-refractivity contribution in [2.75, 3.05) is 61.2 Å². The Bertz CT molecular complexity index is 3120. The molecule has 0 saturated carbocycles. The zero-order chi connectivity index (χ0) is 51.3. The Morgan fingerprint density at radius 1 is 0.797 bits per heavy atom. The van der Waals surface area contributed by atoms with Crippen LogP contribution in [0.15, 0.2) is 152 Å². The number of esters is 1. The quantitative estimate of drug-likeness (QED) is 0.0453. The highest BCUT2D eigenvalue weighted by Gasteiger charge is 2.76. The first-order chi connectivity index (χ1) is 36.1. The third-order valence-electron chi connectivity index (χ3n) is 13.9. The van der Waals surface area contributed by atoms with E-state index in [2.05, 4.69) is 22.1 Å². The first kappa shape index (κ1) is 49.2. The summed E-state index contributed by atoms with van der Waals surface area (Å²) in [7, 11) is 0. The van der Waals surface area contributed by atoms with Crippen molar-refractivity contribution in [3.8, 4) is 17.6 Å². The summed E-state index contributed by atoms with van der Waals surface area (Å²) < 4.78 is 24.1. The number of amides is 3. The van der Waals surface area contributed by atoms with Crippen molar-refractivity contribution in [3.63, 3.8) is 0 Å². The van der Waals surface area contributed by atoms with Crippen LogP contribution < -0.4 is 19.9 Å². The fraction of sp³-hybridized carbons (Fsp3) is 0.263. The minimum atomic E-state index is -2.17. The van der Waals surface area contributed by atoms with Gasteiger partial charge in [0.15, 0.2) is 0 Å². The molecule has 376 valence electrons. The molecule has 1 spiro atoms. The van der Waals surface area contributed by atoms with Crippen LogP contribution in [0, 0.1) is 27.9 Å². The molecule has 3 amide bonds. The second-order valence-corrected chi connectivity index (χ2v) is 18.2. The van der Waals surface area contributed by atoms with Crippen molar-refractivity contribution in [1.82, 2.24) is 4.90 Å². The van der Waals surface area contributed by atoms with Crippen molar-refractivity contribution in [2.45, 2.75) is 42.7 Å². The molecule has 3 saturated heterocycles. The van der Waals surface area contributed by atoms with Gasteiger partial charge in [0.25, 0.3) is 5.69 Å². The lowest BCUT2D eigenvalue weighted by atomic mass is 9.65. The summed E-state index contributed by atoms with van der Waals surface area (Å²) in [6.07, 6.45) is -1.97. The number of aliphatic hydroxyl groups is 2. The zero-order valence-electron chi connectivity index (χ0n) is 40.0.